The fourth-order valence-corrected chi connectivity index (χ4v) is 3.99. The van der Waals surface area contributed by atoms with E-state index in [-0.39, 0.29) is 29.9 Å². The van der Waals surface area contributed by atoms with Gasteiger partial charge in [0, 0.05) is 30.1 Å². The highest BCUT2D eigenvalue weighted by Crippen LogP contribution is 2.38. The maximum atomic E-state index is 13.0. The smallest absolute Gasteiger partial charge is 0.270 e. The van der Waals surface area contributed by atoms with Crippen molar-refractivity contribution >= 4 is 11.9 Å². The first kappa shape index (κ1) is 17.0. The number of nitrogens with one attached hydrogen (secondary N) is 1. The number of aliphatic hydroxyl groups is 1. The van der Waals surface area contributed by atoms with Crippen molar-refractivity contribution < 1.29 is 9.90 Å². The molecule has 26 heavy (non-hydrogen) atoms. The van der Waals surface area contributed by atoms with Gasteiger partial charge in [0.25, 0.3) is 5.91 Å². The van der Waals surface area contributed by atoms with Crippen LogP contribution < -0.4 is 11.1 Å². The fraction of sp³-hybridized carbons (Fsp3) is 0.556. The summed E-state index contributed by atoms with van der Waals surface area (Å²) in [5.41, 5.74) is 8.97. The lowest BCUT2D eigenvalue weighted by Gasteiger charge is -2.37. The third-order valence-corrected chi connectivity index (χ3v) is 5.41. The van der Waals surface area contributed by atoms with Crippen LogP contribution in [0.3, 0.4) is 0 Å². The van der Waals surface area contributed by atoms with E-state index in [1.807, 2.05) is 13.2 Å². The molecule has 0 aromatic carbocycles. The Morgan fingerprint density at radius 3 is 2.81 bits per heavy atom. The first-order valence-electron chi connectivity index (χ1n) is 9.14. The molecule has 8 nitrogen and oxygen atoms in total. The molecule has 138 valence electrons. The summed E-state index contributed by atoms with van der Waals surface area (Å²) < 4.78 is 1.72. The lowest BCUT2D eigenvalue weighted by atomic mass is 9.75. The number of aliphatic hydroxyl groups excluding tert-OH is 1. The van der Waals surface area contributed by atoms with Crippen molar-refractivity contribution in [3.05, 3.63) is 34.9 Å². The lowest BCUT2D eigenvalue weighted by molar-refractivity contribution is 0.0234. The predicted octanol–water partition coefficient (Wildman–Crippen LogP) is 0.913. The van der Waals surface area contributed by atoms with Crippen LogP contribution in [0.25, 0.3) is 0 Å². The Kier molecular flexibility index (Phi) is 4.36. The van der Waals surface area contributed by atoms with E-state index in [9.17, 15) is 9.90 Å². The molecule has 0 spiro atoms. The van der Waals surface area contributed by atoms with Crippen LogP contribution in [0.2, 0.25) is 0 Å². The zero-order chi connectivity index (χ0) is 18.3. The number of anilines is 1. The summed E-state index contributed by atoms with van der Waals surface area (Å²) in [6, 6.07) is -0.199. The Labute approximate surface area is 151 Å². The minimum absolute atomic E-state index is 0.146. The van der Waals surface area contributed by atoms with Crippen molar-refractivity contribution in [2.24, 2.45) is 13.0 Å². The molecule has 1 saturated carbocycles. The minimum Gasteiger partial charge on any atom is -0.393 e. The molecule has 2 heterocycles. The van der Waals surface area contributed by atoms with Gasteiger partial charge in [-0.05, 0) is 44.4 Å². The first-order chi connectivity index (χ1) is 12.5. The number of nitrogens with zero attached hydrogens (tertiary/aromatic N) is 4. The second-order valence-corrected chi connectivity index (χ2v) is 7.35. The Hall–Kier alpha value is -2.48. The first-order valence-corrected chi connectivity index (χ1v) is 9.14. The van der Waals surface area contributed by atoms with Crippen LogP contribution in [0.5, 0.6) is 0 Å². The molecule has 1 atom stereocenters. The largest absolute Gasteiger partial charge is 0.393 e. The van der Waals surface area contributed by atoms with Gasteiger partial charge in [-0.15, -0.1) is 0 Å². The van der Waals surface area contributed by atoms with Crippen LogP contribution >= 0.6 is 0 Å². The van der Waals surface area contributed by atoms with Crippen molar-refractivity contribution in [3.63, 3.8) is 0 Å². The van der Waals surface area contributed by atoms with Crippen molar-refractivity contribution in [1.82, 2.24) is 25.1 Å². The Balaban J connectivity index is 1.62. The number of fused-ring (bicyclic) bond motifs is 1. The van der Waals surface area contributed by atoms with Crippen molar-refractivity contribution in [3.8, 4) is 0 Å². The van der Waals surface area contributed by atoms with Gasteiger partial charge in [-0.25, -0.2) is 9.97 Å². The number of aromatic nitrogens is 4. The van der Waals surface area contributed by atoms with Gasteiger partial charge in [0.1, 0.15) is 5.69 Å². The summed E-state index contributed by atoms with van der Waals surface area (Å²) in [5, 5.41) is 17.0. The fourth-order valence-electron chi connectivity index (χ4n) is 3.99. The maximum absolute atomic E-state index is 13.0. The third-order valence-electron chi connectivity index (χ3n) is 5.41. The molecular formula is C18H24N6O2. The van der Waals surface area contributed by atoms with Gasteiger partial charge >= 0.3 is 0 Å². The number of carbonyl (C=O) groups is 1. The van der Waals surface area contributed by atoms with E-state index < -0.39 is 0 Å². The molecular weight excluding hydrogens is 332 g/mol. The van der Waals surface area contributed by atoms with E-state index in [2.05, 4.69) is 20.4 Å². The lowest BCUT2D eigenvalue weighted by Crippen LogP contribution is -2.42. The van der Waals surface area contributed by atoms with E-state index in [1.54, 1.807) is 10.9 Å². The molecule has 0 aliphatic heterocycles. The number of rotatable bonds is 4. The second-order valence-electron chi connectivity index (χ2n) is 7.35. The molecule has 2 aliphatic carbocycles. The predicted molar refractivity (Wildman–Crippen MR) is 95.2 cm³/mol. The van der Waals surface area contributed by atoms with E-state index in [1.165, 1.54) is 0 Å². The van der Waals surface area contributed by atoms with Crippen LogP contribution in [-0.2, 0) is 19.9 Å². The molecule has 1 amide bonds. The van der Waals surface area contributed by atoms with Crippen LogP contribution in [0.1, 0.15) is 59.0 Å². The topological polar surface area (TPSA) is 119 Å². The monoisotopic (exact) mass is 356 g/mol. The number of hydrogen-bond donors (Lipinski definition) is 3. The Bertz CT molecular complexity index is 827. The molecule has 2 aromatic heterocycles. The maximum Gasteiger partial charge on any atom is 0.270 e. The highest BCUT2D eigenvalue weighted by molar-refractivity contribution is 5.94. The molecule has 4 N–H and O–H groups in total. The zero-order valence-electron chi connectivity index (χ0n) is 14.9. The van der Waals surface area contributed by atoms with Gasteiger partial charge in [0.2, 0.25) is 5.95 Å². The van der Waals surface area contributed by atoms with Crippen LogP contribution in [0, 0.1) is 5.92 Å². The normalized spacial score (nSPS) is 23.0. The van der Waals surface area contributed by atoms with E-state index >= 15 is 0 Å². The summed E-state index contributed by atoms with van der Waals surface area (Å²) in [4.78, 5) is 21.6. The number of nitrogen functional groups attached to an aromatic ring is 1. The highest BCUT2D eigenvalue weighted by atomic mass is 16.3. The molecule has 0 saturated heterocycles. The van der Waals surface area contributed by atoms with Crippen LogP contribution in [0.4, 0.5) is 5.95 Å². The van der Waals surface area contributed by atoms with Crippen molar-refractivity contribution in [2.45, 2.75) is 50.7 Å². The minimum atomic E-state index is -0.293. The second kappa shape index (κ2) is 6.68. The standard InChI is InChI=1S/C18H24N6O2/c1-24-9-11(8-20-24)15(10-6-12(25)7-10)22-17(26)16-13-4-2-3-5-14(13)21-18(19)23-16/h8-10,12,15,25H,2-7H2,1H3,(H,22,26)(H2,19,21,23). The van der Waals surface area contributed by atoms with Gasteiger partial charge in [0.05, 0.1) is 18.3 Å². The summed E-state index contributed by atoms with van der Waals surface area (Å²) in [7, 11) is 1.85. The molecule has 1 fully saturated rings. The number of aryl methyl sites for hydroxylation is 2. The van der Waals surface area contributed by atoms with Gasteiger partial charge in [-0.3, -0.25) is 9.48 Å². The van der Waals surface area contributed by atoms with Crippen molar-refractivity contribution in [2.75, 3.05) is 5.73 Å². The number of nitrogens with two attached hydrogens (primary N) is 1. The third kappa shape index (κ3) is 3.16. The average molecular weight is 356 g/mol. The summed E-state index contributed by atoms with van der Waals surface area (Å²) in [6.45, 7) is 0. The molecule has 0 radical (unpaired) electrons. The number of amides is 1. The molecule has 4 rings (SSSR count). The SMILES string of the molecule is Cn1cc(C(NC(=O)c2nc(N)nc3c2CCCC3)C2CC(O)C2)cn1. The van der Waals surface area contributed by atoms with Gasteiger partial charge in [-0.1, -0.05) is 0 Å². The average Bonchev–Trinajstić information content (AvgIpc) is 3.02. The number of carbonyl (C=O) groups excluding carboxylic acids is 1. The van der Waals surface area contributed by atoms with E-state index in [0.717, 1.165) is 42.5 Å². The summed E-state index contributed by atoms with van der Waals surface area (Å²) >= 11 is 0. The van der Waals surface area contributed by atoms with E-state index in [0.29, 0.717) is 18.5 Å². The van der Waals surface area contributed by atoms with Crippen LogP contribution in [0.15, 0.2) is 12.4 Å². The Morgan fingerprint density at radius 2 is 2.12 bits per heavy atom. The summed E-state index contributed by atoms with van der Waals surface area (Å²) in [5.74, 6) is 0.105. The van der Waals surface area contributed by atoms with Gasteiger partial charge < -0.3 is 16.2 Å². The molecule has 2 aliphatic rings. The zero-order valence-corrected chi connectivity index (χ0v) is 14.9. The molecule has 8 heteroatoms. The van der Waals surface area contributed by atoms with Gasteiger partial charge in [0.15, 0.2) is 0 Å². The van der Waals surface area contributed by atoms with E-state index in [4.69, 9.17) is 5.73 Å². The number of hydrogen-bond acceptors (Lipinski definition) is 6. The highest BCUT2D eigenvalue weighted by Gasteiger charge is 2.37. The van der Waals surface area contributed by atoms with Crippen molar-refractivity contribution in [1.29, 1.82) is 0 Å². The van der Waals surface area contributed by atoms with Crippen LogP contribution in [-0.4, -0.2) is 36.9 Å². The molecule has 0 bridgehead atoms. The Morgan fingerprint density at radius 1 is 1.35 bits per heavy atom. The molecule has 2 aromatic rings. The summed E-state index contributed by atoms with van der Waals surface area (Å²) in [6.07, 6.45) is 8.44. The molecule has 1 unspecified atom stereocenters. The van der Waals surface area contributed by atoms with Gasteiger partial charge in [-0.2, -0.15) is 5.10 Å². The quantitative estimate of drug-likeness (QED) is 0.749.